The molecule has 0 aliphatic rings. The van der Waals surface area contributed by atoms with E-state index in [-0.39, 0.29) is 0 Å². The fourth-order valence-corrected chi connectivity index (χ4v) is 18.4. The first-order valence-corrected chi connectivity index (χ1v) is 36.8. The minimum atomic E-state index is 0.877. The molecule has 22 aromatic rings. The Labute approximate surface area is 605 Å². The summed E-state index contributed by atoms with van der Waals surface area (Å²) in [6.45, 7) is 0. The van der Waals surface area contributed by atoms with Gasteiger partial charge in [0.25, 0.3) is 0 Å². The van der Waals surface area contributed by atoms with Crippen molar-refractivity contribution in [3.63, 3.8) is 0 Å². The third kappa shape index (κ3) is 9.68. The third-order valence-corrected chi connectivity index (χ3v) is 23.1. The van der Waals surface area contributed by atoms with Crippen LogP contribution in [0.5, 0.6) is 0 Å². The Hall–Kier alpha value is -13.2. The van der Waals surface area contributed by atoms with Gasteiger partial charge in [-0.1, -0.05) is 218 Å². The molecule has 0 radical (unpaired) electrons. The first kappa shape index (κ1) is 59.6. The number of aromatic nitrogens is 2. The van der Waals surface area contributed by atoms with Crippen molar-refractivity contribution in [1.82, 2.24) is 9.13 Å². The van der Waals surface area contributed by atoms with Crippen molar-refractivity contribution >= 4 is 185 Å². The fourth-order valence-electron chi connectivity index (χ4n) is 16.1. The van der Waals surface area contributed by atoms with Gasteiger partial charge in [-0.3, -0.25) is 0 Å². The standard InChI is InChI=1S/2C48H30N2OS/c1-2-12-31(13-3-1)32-24-26-33(27-25-32)49-40-18-7-4-14-35(40)39-30-34(28-29-41(39)49)50(42-19-11-22-45-47(42)38-16-5-8-21-44(38)51-45)43-20-10-17-37-36-15-6-9-23-46(36)52-48(37)43;1-2-11-31(12-3-1)32-21-23-33(24-22-32)50-41-16-7-4-13-36(41)39-29-34(25-27-42(39)50)49(35-26-28-47-40(30-35)37-14-6-9-20-46(37)52-47)43-17-10-19-45-48(43)38-15-5-8-18-44(38)51-45/h2*1-30H. The second-order valence-corrected chi connectivity index (χ2v) is 28.8. The predicted octanol–water partition coefficient (Wildman–Crippen LogP) is 28.4. The first-order valence-electron chi connectivity index (χ1n) is 35.2. The maximum absolute atomic E-state index is 6.44. The molecule has 0 bridgehead atoms. The van der Waals surface area contributed by atoms with Crippen molar-refractivity contribution in [2.75, 3.05) is 9.80 Å². The molecular formula is C96H60N4O2S2. The molecule has 0 aliphatic heterocycles. The fraction of sp³-hybridized carbons (Fsp3) is 0. The molecule has 0 atom stereocenters. The molecule has 0 saturated carbocycles. The van der Waals surface area contributed by atoms with Gasteiger partial charge >= 0.3 is 0 Å². The van der Waals surface area contributed by atoms with Crippen LogP contribution in [0.4, 0.5) is 34.1 Å². The van der Waals surface area contributed by atoms with E-state index in [1.165, 1.54) is 106 Å². The smallest absolute Gasteiger partial charge is 0.137 e. The highest BCUT2D eigenvalue weighted by Gasteiger charge is 2.26. The van der Waals surface area contributed by atoms with Crippen molar-refractivity contribution in [3.05, 3.63) is 364 Å². The maximum atomic E-state index is 6.44. The Morgan fingerprint density at radius 3 is 1.13 bits per heavy atom. The van der Waals surface area contributed by atoms with Gasteiger partial charge in [-0.15, -0.1) is 22.7 Å². The van der Waals surface area contributed by atoms with Crippen LogP contribution in [0.3, 0.4) is 0 Å². The van der Waals surface area contributed by atoms with Crippen LogP contribution in [0, 0.1) is 0 Å². The van der Waals surface area contributed by atoms with Crippen LogP contribution < -0.4 is 9.80 Å². The van der Waals surface area contributed by atoms with Crippen LogP contribution in [0.25, 0.3) is 161 Å². The maximum Gasteiger partial charge on any atom is 0.137 e. The van der Waals surface area contributed by atoms with E-state index in [0.29, 0.717) is 0 Å². The van der Waals surface area contributed by atoms with Crippen molar-refractivity contribution in [2.24, 2.45) is 0 Å². The predicted molar refractivity (Wildman–Crippen MR) is 442 cm³/mol. The summed E-state index contributed by atoms with van der Waals surface area (Å²) < 4.78 is 22.8. The third-order valence-electron chi connectivity index (χ3n) is 20.8. The number of thiophene rings is 2. The molecule has 0 spiro atoms. The van der Waals surface area contributed by atoms with Crippen LogP contribution in [-0.4, -0.2) is 9.13 Å². The van der Waals surface area contributed by atoms with Gasteiger partial charge < -0.3 is 27.8 Å². The molecule has 104 heavy (non-hydrogen) atoms. The number of para-hydroxylation sites is 4. The van der Waals surface area contributed by atoms with E-state index in [0.717, 1.165) is 89.4 Å². The molecule has 6 heterocycles. The number of benzene rings is 16. The highest BCUT2D eigenvalue weighted by atomic mass is 32.1. The second kappa shape index (κ2) is 24.3. The van der Waals surface area contributed by atoms with E-state index in [1.807, 2.05) is 34.8 Å². The molecule has 16 aromatic carbocycles. The van der Waals surface area contributed by atoms with Crippen molar-refractivity contribution in [3.8, 4) is 33.6 Å². The highest BCUT2D eigenvalue weighted by molar-refractivity contribution is 7.26. The Morgan fingerprint density at radius 1 is 0.221 bits per heavy atom. The summed E-state index contributed by atoms with van der Waals surface area (Å²) in [6, 6.07) is 131. The number of anilines is 6. The molecule has 0 N–H and O–H groups in total. The zero-order valence-corrected chi connectivity index (χ0v) is 57.7. The van der Waals surface area contributed by atoms with Gasteiger partial charge in [0.15, 0.2) is 0 Å². The zero-order chi connectivity index (χ0) is 68.3. The number of hydrogen-bond donors (Lipinski definition) is 0. The number of nitrogens with zero attached hydrogens (tertiary/aromatic N) is 4. The summed E-state index contributed by atoms with van der Waals surface area (Å²) in [7, 11) is 0. The summed E-state index contributed by atoms with van der Waals surface area (Å²) in [5, 5.41) is 14.4. The molecule has 8 heteroatoms. The van der Waals surface area contributed by atoms with E-state index < -0.39 is 0 Å². The normalized spacial score (nSPS) is 11.8. The van der Waals surface area contributed by atoms with Crippen molar-refractivity contribution < 1.29 is 8.83 Å². The average Bonchev–Trinajstić information content (AvgIpc) is 1.52. The lowest BCUT2D eigenvalue weighted by Gasteiger charge is -2.27. The lowest BCUT2D eigenvalue weighted by Crippen LogP contribution is -2.10. The van der Waals surface area contributed by atoms with E-state index in [1.54, 1.807) is 0 Å². The summed E-state index contributed by atoms with van der Waals surface area (Å²) >= 11 is 3.70. The van der Waals surface area contributed by atoms with Gasteiger partial charge in [0.05, 0.1) is 54.6 Å². The van der Waals surface area contributed by atoms with Gasteiger partial charge in [0.1, 0.15) is 22.3 Å². The minimum Gasteiger partial charge on any atom is -0.456 e. The summed E-state index contributed by atoms with van der Waals surface area (Å²) in [6.07, 6.45) is 0. The lowest BCUT2D eigenvalue weighted by atomic mass is 10.1. The van der Waals surface area contributed by atoms with Crippen LogP contribution in [0.2, 0.25) is 0 Å². The lowest BCUT2D eigenvalue weighted by molar-refractivity contribution is 0.668. The van der Waals surface area contributed by atoms with Crippen molar-refractivity contribution in [1.29, 1.82) is 0 Å². The molecule has 0 aliphatic carbocycles. The van der Waals surface area contributed by atoms with Gasteiger partial charge in [0.2, 0.25) is 0 Å². The topological polar surface area (TPSA) is 42.6 Å². The van der Waals surface area contributed by atoms with Crippen LogP contribution in [0.15, 0.2) is 373 Å². The molecular weight excluding hydrogens is 1310 g/mol. The zero-order valence-electron chi connectivity index (χ0n) is 56.1. The largest absolute Gasteiger partial charge is 0.456 e. The molecule has 488 valence electrons. The van der Waals surface area contributed by atoms with Gasteiger partial charge in [-0.05, 0) is 168 Å². The average molecular weight is 1370 g/mol. The molecule has 22 rings (SSSR count). The van der Waals surface area contributed by atoms with Crippen molar-refractivity contribution in [2.45, 2.75) is 0 Å². The number of furan rings is 2. The Morgan fingerprint density at radius 2 is 0.587 bits per heavy atom. The second-order valence-electron chi connectivity index (χ2n) is 26.6. The number of fused-ring (bicyclic) bond motifs is 18. The van der Waals surface area contributed by atoms with Gasteiger partial charge in [-0.25, -0.2) is 0 Å². The molecule has 0 fully saturated rings. The Kier molecular flexibility index (Phi) is 13.9. The van der Waals surface area contributed by atoms with Crippen LogP contribution >= 0.6 is 22.7 Å². The SMILES string of the molecule is c1ccc(-c2ccc(-n3c4ccccc4c4cc(N(c5ccc6sc7ccccc7c6c5)c5cccc6oc7ccccc7c56)ccc43)cc2)cc1.c1ccc(-c2ccc(-n3c4ccccc4c4cc(N(c5cccc6c5sc5ccccc56)c5cccc6oc7ccccc7c56)ccc43)cc2)cc1. The minimum absolute atomic E-state index is 0.877. The highest BCUT2D eigenvalue weighted by Crippen LogP contribution is 2.51. The van der Waals surface area contributed by atoms with Crippen LogP contribution in [0.1, 0.15) is 0 Å². The van der Waals surface area contributed by atoms with E-state index in [2.05, 4.69) is 371 Å². The molecule has 6 nitrogen and oxygen atoms in total. The summed E-state index contributed by atoms with van der Waals surface area (Å²) in [5.74, 6) is 0. The first-order chi connectivity index (χ1) is 51.6. The molecule has 0 unspecified atom stereocenters. The Balaban J connectivity index is 0.000000134. The van der Waals surface area contributed by atoms with E-state index >= 15 is 0 Å². The van der Waals surface area contributed by atoms with E-state index in [9.17, 15) is 0 Å². The van der Waals surface area contributed by atoms with Crippen LogP contribution in [-0.2, 0) is 0 Å². The molecule has 6 aromatic heterocycles. The molecule has 0 saturated heterocycles. The van der Waals surface area contributed by atoms with E-state index in [4.69, 9.17) is 8.83 Å². The monoisotopic (exact) mass is 1360 g/mol. The molecule has 0 amide bonds. The number of rotatable bonds is 10. The van der Waals surface area contributed by atoms with Gasteiger partial charge in [0, 0.05) is 96.4 Å². The quantitative estimate of drug-likeness (QED) is 0.137. The Bertz CT molecular complexity index is 7110. The number of hydrogen-bond acceptors (Lipinski definition) is 6. The summed E-state index contributed by atoms with van der Waals surface area (Å²) in [4.78, 5) is 4.86. The summed E-state index contributed by atoms with van der Waals surface area (Å²) in [5.41, 5.74) is 22.0. The van der Waals surface area contributed by atoms with Gasteiger partial charge in [-0.2, -0.15) is 0 Å².